The SMILES string of the molecule is CCCCOc1ccc(C2C(=C(O)c3ccncc3)C(=O)C(=O)N2CCCN(C)C)cc1OC. The lowest BCUT2D eigenvalue weighted by Gasteiger charge is -2.26. The van der Waals surface area contributed by atoms with Crippen molar-refractivity contribution in [2.75, 3.05) is 40.9 Å². The van der Waals surface area contributed by atoms with E-state index in [-0.39, 0.29) is 11.3 Å². The van der Waals surface area contributed by atoms with Gasteiger partial charge >= 0.3 is 0 Å². The van der Waals surface area contributed by atoms with Crippen LogP contribution < -0.4 is 9.47 Å². The second-order valence-electron chi connectivity index (χ2n) is 8.50. The van der Waals surface area contributed by atoms with Gasteiger partial charge in [-0.3, -0.25) is 14.6 Å². The number of benzene rings is 1. The van der Waals surface area contributed by atoms with E-state index in [1.165, 1.54) is 17.3 Å². The number of aliphatic hydroxyl groups is 1. The third kappa shape index (κ3) is 5.56. The number of pyridine rings is 1. The molecule has 182 valence electrons. The predicted molar refractivity (Wildman–Crippen MR) is 130 cm³/mol. The van der Waals surface area contributed by atoms with Crippen molar-refractivity contribution in [1.29, 1.82) is 0 Å². The summed E-state index contributed by atoms with van der Waals surface area (Å²) in [6, 6.07) is 7.86. The normalized spacial score (nSPS) is 17.4. The quantitative estimate of drug-likeness (QED) is 0.233. The standard InChI is InChI=1S/C26H33N3O5/c1-5-6-16-34-20-9-8-19(17-21(20)33-4)23-22(24(30)18-10-12-27-13-11-18)25(31)26(32)29(23)15-7-14-28(2)3/h8-13,17,23,30H,5-7,14-16H2,1-4H3. The molecule has 1 unspecified atom stereocenters. The summed E-state index contributed by atoms with van der Waals surface area (Å²) in [6.07, 6.45) is 5.67. The van der Waals surface area contributed by atoms with Gasteiger partial charge < -0.3 is 24.4 Å². The minimum Gasteiger partial charge on any atom is -0.507 e. The summed E-state index contributed by atoms with van der Waals surface area (Å²) in [7, 11) is 5.46. The van der Waals surface area contributed by atoms with Crippen molar-refractivity contribution in [2.24, 2.45) is 0 Å². The number of ether oxygens (including phenoxy) is 2. The maximum atomic E-state index is 13.1. The molecular formula is C26H33N3O5. The van der Waals surface area contributed by atoms with E-state index < -0.39 is 17.7 Å². The van der Waals surface area contributed by atoms with Gasteiger partial charge in [0.15, 0.2) is 11.5 Å². The van der Waals surface area contributed by atoms with E-state index in [1.807, 2.05) is 25.1 Å². The molecule has 0 spiro atoms. The molecule has 1 aliphatic heterocycles. The molecule has 34 heavy (non-hydrogen) atoms. The van der Waals surface area contributed by atoms with Gasteiger partial charge in [-0.05, 0) is 63.3 Å². The first-order valence-corrected chi connectivity index (χ1v) is 11.5. The Labute approximate surface area is 200 Å². The number of nitrogens with zero attached hydrogens (tertiary/aromatic N) is 3. The van der Waals surface area contributed by atoms with Crippen LogP contribution in [0.1, 0.15) is 43.4 Å². The Morgan fingerprint density at radius 3 is 2.50 bits per heavy atom. The molecule has 2 heterocycles. The van der Waals surface area contributed by atoms with E-state index in [0.29, 0.717) is 42.2 Å². The molecule has 1 saturated heterocycles. The summed E-state index contributed by atoms with van der Waals surface area (Å²) in [5.41, 5.74) is 1.15. The molecule has 1 N–H and O–H groups in total. The largest absolute Gasteiger partial charge is 0.507 e. The lowest BCUT2D eigenvalue weighted by molar-refractivity contribution is -0.139. The highest BCUT2D eigenvalue weighted by molar-refractivity contribution is 6.46. The fourth-order valence-electron chi connectivity index (χ4n) is 3.98. The third-order valence-corrected chi connectivity index (χ3v) is 5.76. The molecule has 0 bridgehead atoms. The molecule has 2 aromatic rings. The molecule has 8 heteroatoms. The molecule has 8 nitrogen and oxygen atoms in total. The zero-order valence-corrected chi connectivity index (χ0v) is 20.3. The van der Waals surface area contributed by atoms with Crippen molar-refractivity contribution in [1.82, 2.24) is 14.8 Å². The second-order valence-corrected chi connectivity index (χ2v) is 8.50. The van der Waals surface area contributed by atoms with Crippen molar-refractivity contribution < 1.29 is 24.2 Å². The number of aliphatic hydroxyl groups excluding tert-OH is 1. The molecule has 1 aromatic carbocycles. The van der Waals surface area contributed by atoms with Gasteiger partial charge in [-0.2, -0.15) is 0 Å². The first-order valence-electron chi connectivity index (χ1n) is 11.5. The van der Waals surface area contributed by atoms with Crippen LogP contribution in [0.15, 0.2) is 48.3 Å². The Balaban J connectivity index is 2.06. The van der Waals surface area contributed by atoms with Gasteiger partial charge in [0.25, 0.3) is 11.7 Å². The van der Waals surface area contributed by atoms with Crippen LogP contribution in [-0.4, -0.2) is 72.5 Å². The molecule has 0 aliphatic carbocycles. The van der Waals surface area contributed by atoms with Gasteiger partial charge in [-0.25, -0.2) is 0 Å². The lowest BCUT2D eigenvalue weighted by Crippen LogP contribution is -2.32. The van der Waals surface area contributed by atoms with Crippen LogP contribution in [-0.2, 0) is 9.59 Å². The van der Waals surface area contributed by atoms with Crippen LogP contribution in [0.25, 0.3) is 5.76 Å². The number of aromatic nitrogens is 1. The number of Topliss-reactive ketones (excluding diaryl/α,β-unsaturated/α-hetero) is 1. The summed E-state index contributed by atoms with van der Waals surface area (Å²) < 4.78 is 11.4. The molecule has 0 radical (unpaired) electrons. The van der Waals surface area contributed by atoms with Crippen LogP contribution >= 0.6 is 0 Å². The van der Waals surface area contributed by atoms with Gasteiger partial charge in [-0.15, -0.1) is 0 Å². The topological polar surface area (TPSA) is 92.2 Å². The van der Waals surface area contributed by atoms with Crippen LogP contribution in [0.4, 0.5) is 0 Å². The maximum absolute atomic E-state index is 13.1. The summed E-state index contributed by atoms with van der Waals surface area (Å²) in [5, 5.41) is 11.1. The first kappa shape index (κ1) is 25.2. The molecule has 0 saturated carbocycles. The number of ketones is 1. The van der Waals surface area contributed by atoms with Crippen LogP contribution in [0, 0.1) is 0 Å². The highest BCUT2D eigenvalue weighted by atomic mass is 16.5. The van der Waals surface area contributed by atoms with Crippen LogP contribution in [0.5, 0.6) is 11.5 Å². The smallest absolute Gasteiger partial charge is 0.295 e. The van der Waals surface area contributed by atoms with E-state index in [9.17, 15) is 14.7 Å². The lowest BCUT2D eigenvalue weighted by atomic mass is 9.95. The molecular weight excluding hydrogens is 434 g/mol. The van der Waals surface area contributed by atoms with Crippen molar-refractivity contribution >= 4 is 17.4 Å². The highest BCUT2D eigenvalue weighted by Gasteiger charge is 2.46. The molecule has 3 rings (SSSR count). The van der Waals surface area contributed by atoms with Gasteiger partial charge in [0.05, 0.1) is 25.3 Å². The van der Waals surface area contributed by atoms with Crippen molar-refractivity contribution in [3.05, 3.63) is 59.4 Å². The predicted octanol–water partition coefficient (Wildman–Crippen LogP) is 3.64. The maximum Gasteiger partial charge on any atom is 0.295 e. The van der Waals surface area contributed by atoms with Crippen LogP contribution in [0.3, 0.4) is 0 Å². The Morgan fingerprint density at radius 1 is 1.12 bits per heavy atom. The molecule has 1 atom stereocenters. The average molecular weight is 468 g/mol. The number of rotatable bonds is 11. The third-order valence-electron chi connectivity index (χ3n) is 5.76. The summed E-state index contributed by atoms with van der Waals surface area (Å²) in [4.78, 5) is 33.7. The number of carbonyl (C=O) groups excluding carboxylic acids is 2. The average Bonchev–Trinajstić information content (AvgIpc) is 3.09. The van der Waals surface area contributed by atoms with E-state index in [0.717, 1.165) is 19.4 Å². The van der Waals surface area contributed by atoms with E-state index in [2.05, 4.69) is 11.9 Å². The number of hydrogen-bond donors (Lipinski definition) is 1. The summed E-state index contributed by atoms with van der Waals surface area (Å²) in [5.74, 6) is -0.439. The number of carbonyl (C=O) groups is 2. The van der Waals surface area contributed by atoms with E-state index in [4.69, 9.17) is 9.47 Å². The molecule has 1 fully saturated rings. The fraction of sp³-hybridized carbons (Fsp3) is 0.423. The molecule has 1 aromatic heterocycles. The summed E-state index contributed by atoms with van der Waals surface area (Å²) in [6.45, 7) is 3.79. The monoisotopic (exact) mass is 467 g/mol. The minimum atomic E-state index is -0.742. The van der Waals surface area contributed by atoms with Crippen LogP contribution in [0.2, 0.25) is 0 Å². The van der Waals surface area contributed by atoms with Gasteiger partial charge in [-0.1, -0.05) is 19.4 Å². The van der Waals surface area contributed by atoms with E-state index >= 15 is 0 Å². The van der Waals surface area contributed by atoms with Crippen molar-refractivity contribution in [3.8, 4) is 11.5 Å². The number of amides is 1. The summed E-state index contributed by atoms with van der Waals surface area (Å²) >= 11 is 0. The van der Waals surface area contributed by atoms with Gasteiger partial charge in [0.2, 0.25) is 0 Å². The minimum absolute atomic E-state index is 0.0581. The van der Waals surface area contributed by atoms with Gasteiger partial charge in [0, 0.05) is 24.5 Å². The highest BCUT2D eigenvalue weighted by Crippen LogP contribution is 2.42. The Kier molecular flexibility index (Phi) is 8.65. The van der Waals surface area contributed by atoms with E-state index in [1.54, 1.807) is 31.4 Å². The Hall–Kier alpha value is -3.39. The van der Waals surface area contributed by atoms with Crippen molar-refractivity contribution in [2.45, 2.75) is 32.2 Å². The Morgan fingerprint density at radius 2 is 1.85 bits per heavy atom. The molecule has 1 amide bonds. The van der Waals surface area contributed by atoms with Crippen molar-refractivity contribution in [3.63, 3.8) is 0 Å². The number of unbranched alkanes of at least 4 members (excludes halogenated alkanes) is 1. The second kappa shape index (κ2) is 11.7. The Bertz CT molecular complexity index is 1040. The number of hydrogen-bond acceptors (Lipinski definition) is 7. The zero-order valence-electron chi connectivity index (χ0n) is 20.3. The number of methoxy groups -OCH3 is 1. The van der Waals surface area contributed by atoms with Gasteiger partial charge in [0.1, 0.15) is 5.76 Å². The first-order chi connectivity index (χ1) is 16.4. The fourth-order valence-corrected chi connectivity index (χ4v) is 3.98. The molecule has 1 aliphatic rings. The number of likely N-dealkylation sites (tertiary alicyclic amines) is 1. The zero-order chi connectivity index (χ0) is 24.7.